The lowest BCUT2D eigenvalue weighted by Crippen LogP contribution is -2.49. The van der Waals surface area contributed by atoms with Crippen LogP contribution in [-0.4, -0.2) is 64.5 Å². The first-order valence-electron chi connectivity index (χ1n) is 13.3. The zero-order valence-corrected chi connectivity index (χ0v) is 23.0. The molecule has 2 aromatic carbocycles. The molecule has 1 aliphatic rings. The van der Waals surface area contributed by atoms with E-state index in [0.29, 0.717) is 21.8 Å². The second-order valence-electron chi connectivity index (χ2n) is 10.1. The lowest BCUT2D eigenvalue weighted by molar-refractivity contribution is -0.207. The van der Waals surface area contributed by atoms with Crippen LogP contribution in [0.3, 0.4) is 0 Å². The molecule has 4 N–H and O–H groups in total. The highest BCUT2D eigenvalue weighted by molar-refractivity contribution is 6.30. The molecule has 1 saturated carbocycles. The van der Waals surface area contributed by atoms with Gasteiger partial charge in [0.1, 0.15) is 12.9 Å². The molecule has 0 spiro atoms. The predicted molar refractivity (Wildman–Crippen MR) is 147 cm³/mol. The zero-order valence-electron chi connectivity index (χ0n) is 22.2. The van der Waals surface area contributed by atoms with Crippen LogP contribution in [0.15, 0.2) is 59.7 Å². The van der Waals surface area contributed by atoms with Crippen molar-refractivity contribution in [2.45, 2.75) is 63.1 Å². The molecular formula is C27H28ClF3N8O3. The Morgan fingerprint density at radius 3 is 2.55 bits per heavy atom. The minimum Gasteiger partial charge on any atom is -0.382 e. The number of alkyl halides is 3. The Morgan fingerprint density at radius 2 is 1.83 bits per heavy atom. The molecule has 11 nitrogen and oxygen atoms in total. The molecule has 1 fully saturated rings. The van der Waals surface area contributed by atoms with Gasteiger partial charge in [-0.2, -0.15) is 13.2 Å². The molecule has 5 rings (SSSR count). The molecule has 0 aliphatic heterocycles. The predicted octanol–water partition coefficient (Wildman–Crippen LogP) is 2.92. The van der Waals surface area contributed by atoms with Crippen LogP contribution >= 0.6 is 11.6 Å². The van der Waals surface area contributed by atoms with Gasteiger partial charge in [-0.1, -0.05) is 36.6 Å². The Bertz CT molecular complexity index is 1620. The number of benzene rings is 2. The minimum absolute atomic E-state index is 0.0951. The summed E-state index contributed by atoms with van der Waals surface area (Å²) in [5.74, 6) is -0.289. The molecule has 1 amide bonds. The topological polar surface area (TPSA) is 146 Å². The van der Waals surface area contributed by atoms with E-state index in [0.717, 1.165) is 34.9 Å². The third kappa shape index (κ3) is 6.40. The van der Waals surface area contributed by atoms with Gasteiger partial charge in [-0.15, -0.1) is 10.2 Å². The number of aliphatic hydroxyl groups is 1. The highest BCUT2D eigenvalue weighted by Crippen LogP contribution is 2.24. The smallest absolute Gasteiger partial charge is 0.382 e. The van der Waals surface area contributed by atoms with Crippen LogP contribution in [0.25, 0.3) is 17.1 Å². The van der Waals surface area contributed by atoms with Crippen molar-refractivity contribution >= 4 is 17.5 Å². The van der Waals surface area contributed by atoms with Crippen LogP contribution in [-0.2, 0) is 13.1 Å². The zero-order chi connectivity index (χ0) is 30.0. The number of aliphatic hydroxyl groups excluding tert-OH is 1. The number of carbonyl (C=O) groups is 1. The molecule has 42 heavy (non-hydrogen) atoms. The monoisotopic (exact) mass is 604 g/mol. The first-order chi connectivity index (χ1) is 20.0. The number of nitrogens with one attached hydrogen (secondary N) is 1. The van der Waals surface area contributed by atoms with E-state index < -0.39 is 24.5 Å². The van der Waals surface area contributed by atoms with Gasteiger partial charge in [0, 0.05) is 22.7 Å². The highest BCUT2D eigenvalue weighted by Gasteiger charge is 2.39. The number of amides is 1. The normalized spacial score (nSPS) is 18.1. The number of carbonyl (C=O) groups excluding carboxylic acids is 1. The van der Waals surface area contributed by atoms with Crippen LogP contribution in [0.4, 0.5) is 13.2 Å². The van der Waals surface area contributed by atoms with Crippen molar-refractivity contribution in [2.24, 2.45) is 5.73 Å². The highest BCUT2D eigenvalue weighted by atomic mass is 35.5. The van der Waals surface area contributed by atoms with Gasteiger partial charge in [-0.05, 0) is 49.2 Å². The minimum atomic E-state index is -4.94. The van der Waals surface area contributed by atoms with Crippen molar-refractivity contribution in [3.8, 4) is 17.1 Å². The van der Waals surface area contributed by atoms with E-state index in [4.69, 9.17) is 17.3 Å². The van der Waals surface area contributed by atoms with Gasteiger partial charge in [0.25, 0.3) is 5.91 Å². The SMILES string of the molecule is N[C@H]1CCCC[C@@H]1NC(=O)c1ccccc1-n1cnc(Cn2nc(-c3ccc(Cl)cc3)n(CC(O)C(F)(F)F)c2=O)n1. The van der Waals surface area contributed by atoms with Crippen LogP contribution in [0.5, 0.6) is 0 Å². The number of aromatic nitrogens is 6. The average Bonchev–Trinajstić information content (AvgIpc) is 3.55. The van der Waals surface area contributed by atoms with Crippen molar-refractivity contribution in [1.29, 1.82) is 0 Å². The fraction of sp³-hybridized carbons (Fsp3) is 0.370. The molecule has 3 atom stereocenters. The van der Waals surface area contributed by atoms with Gasteiger partial charge in [0.05, 0.1) is 17.8 Å². The summed E-state index contributed by atoms with van der Waals surface area (Å²) in [6.45, 7) is -1.35. The van der Waals surface area contributed by atoms with Gasteiger partial charge in [-0.25, -0.2) is 19.1 Å². The summed E-state index contributed by atoms with van der Waals surface area (Å²) in [7, 11) is 0. The molecule has 15 heteroatoms. The van der Waals surface area contributed by atoms with Crippen molar-refractivity contribution < 1.29 is 23.1 Å². The third-order valence-corrected chi connectivity index (χ3v) is 7.37. The van der Waals surface area contributed by atoms with Gasteiger partial charge < -0.3 is 16.2 Å². The van der Waals surface area contributed by atoms with E-state index in [2.05, 4.69) is 20.5 Å². The van der Waals surface area contributed by atoms with E-state index in [1.54, 1.807) is 24.3 Å². The van der Waals surface area contributed by atoms with Crippen LogP contribution in [0.2, 0.25) is 5.02 Å². The first-order valence-corrected chi connectivity index (χ1v) is 13.6. The summed E-state index contributed by atoms with van der Waals surface area (Å²) in [5, 5.41) is 21.7. The molecule has 0 bridgehead atoms. The molecule has 0 saturated heterocycles. The Hall–Kier alpha value is -4.01. The number of hydrogen-bond donors (Lipinski definition) is 3. The van der Waals surface area contributed by atoms with Gasteiger partial charge in [0.2, 0.25) is 0 Å². The van der Waals surface area contributed by atoms with Crippen LogP contribution < -0.4 is 16.7 Å². The number of nitrogens with two attached hydrogens (primary N) is 1. The second kappa shape index (κ2) is 12.1. The molecular weight excluding hydrogens is 577 g/mol. The fourth-order valence-corrected chi connectivity index (χ4v) is 4.99. The Kier molecular flexibility index (Phi) is 8.48. The molecule has 222 valence electrons. The lowest BCUT2D eigenvalue weighted by Gasteiger charge is -2.29. The number of nitrogens with zero attached hydrogens (tertiary/aromatic N) is 6. The van der Waals surface area contributed by atoms with E-state index in [-0.39, 0.29) is 36.2 Å². The Morgan fingerprint density at radius 1 is 1.12 bits per heavy atom. The van der Waals surface area contributed by atoms with Crippen molar-refractivity contribution in [2.75, 3.05) is 0 Å². The Labute approximate surface area is 242 Å². The van der Waals surface area contributed by atoms with E-state index >= 15 is 0 Å². The number of hydrogen-bond acceptors (Lipinski definition) is 7. The maximum Gasteiger partial charge on any atom is 0.416 e. The van der Waals surface area contributed by atoms with E-state index in [1.807, 2.05) is 0 Å². The summed E-state index contributed by atoms with van der Waals surface area (Å²) >= 11 is 5.93. The van der Waals surface area contributed by atoms with E-state index in [1.165, 1.54) is 35.3 Å². The summed E-state index contributed by atoms with van der Waals surface area (Å²) in [4.78, 5) is 30.5. The average molecular weight is 605 g/mol. The molecule has 2 heterocycles. The van der Waals surface area contributed by atoms with Gasteiger partial charge >= 0.3 is 11.9 Å². The largest absolute Gasteiger partial charge is 0.416 e. The molecule has 1 unspecified atom stereocenters. The summed E-state index contributed by atoms with van der Waals surface area (Å²) in [6.07, 6.45) is -2.73. The van der Waals surface area contributed by atoms with Crippen LogP contribution in [0.1, 0.15) is 41.9 Å². The molecule has 4 aromatic rings. The quantitative estimate of drug-likeness (QED) is 0.280. The van der Waals surface area contributed by atoms with Crippen molar-refractivity contribution in [1.82, 2.24) is 34.4 Å². The maximum atomic E-state index is 13.2. The van der Waals surface area contributed by atoms with E-state index in [9.17, 15) is 27.9 Å². The fourth-order valence-electron chi connectivity index (χ4n) is 4.87. The van der Waals surface area contributed by atoms with Gasteiger partial charge in [0.15, 0.2) is 17.8 Å². The Balaban J connectivity index is 1.42. The van der Waals surface area contributed by atoms with Crippen LogP contribution in [0, 0.1) is 0 Å². The second-order valence-corrected chi connectivity index (χ2v) is 10.5. The molecule has 0 radical (unpaired) electrons. The number of rotatable bonds is 8. The number of halogens is 4. The summed E-state index contributed by atoms with van der Waals surface area (Å²) < 4.78 is 42.5. The first kappa shape index (κ1) is 29.5. The number of para-hydroxylation sites is 1. The summed E-state index contributed by atoms with van der Waals surface area (Å²) in [6, 6.07) is 12.5. The van der Waals surface area contributed by atoms with Gasteiger partial charge in [-0.3, -0.25) is 9.36 Å². The maximum absolute atomic E-state index is 13.2. The van der Waals surface area contributed by atoms with Crippen molar-refractivity contribution in [3.05, 3.63) is 81.8 Å². The lowest BCUT2D eigenvalue weighted by atomic mass is 9.91. The molecule has 2 aromatic heterocycles. The standard InChI is InChI=1S/C27H28ClF3N8O3/c28-17-11-9-16(10-12-17)24-36-38(26(42)37(24)13-22(40)27(29,30)31)14-23-33-15-39(35-23)21-8-4-1-5-18(21)25(41)34-20-7-3-2-6-19(20)32/h1,4-5,8-12,15,19-20,22,40H,2-3,6-7,13-14,32H2,(H,34,41)/t19-,20-,22?/m0/s1. The molecule has 1 aliphatic carbocycles. The van der Waals surface area contributed by atoms with Crippen molar-refractivity contribution in [3.63, 3.8) is 0 Å². The summed E-state index contributed by atoms with van der Waals surface area (Å²) in [5.41, 5.74) is 6.40. The third-order valence-electron chi connectivity index (χ3n) is 7.12.